The second-order valence-electron chi connectivity index (χ2n) is 4.85. The van der Waals surface area contributed by atoms with Crippen molar-refractivity contribution in [1.82, 2.24) is 5.32 Å². The van der Waals surface area contributed by atoms with E-state index in [-0.39, 0.29) is 5.54 Å². The van der Waals surface area contributed by atoms with Crippen molar-refractivity contribution in [2.24, 2.45) is 0 Å². The molecule has 0 aliphatic heterocycles. The van der Waals surface area contributed by atoms with Crippen LogP contribution in [0.2, 0.25) is 0 Å². The Bertz CT molecular complexity index is 118. The molecule has 0 aromatic rings. The Hall–Kier alpha value is 0.310. The van der Waals surface area contributed by atoms with Gasteiger partial charge in [0.05, 0.1) is 0 Å². The van der Waals surface area contributed by atoms with Gasteiger partial charge in [-0.15, -0.1) is 0 Å². The summed E-state index contributed by atoms with van der Waals surface area (Å²) in [5, 5.41) is 3.51. The Morgan fingerprint density at radius 2 is 1.64 bits per heavy atom. The van der Waals surface area contributed by atoms with Gasteiger partial charge in [0.1, 0.15) is 0 Å². The standard InChI is InChI=1S/C12H27NS/c1-5-6-10-14-11-8-7-9-13-12(2,3)4/h13H,5-11H2,1-4H3. The van der Waals surface area contributed by atoms with E-state index in [9.17, 15) is 0 Å². The molecule has 0 fully saturated rings. The van der Waals surface area contributed by atoms with Crippen molar-refractivity contribution in [2.75, 3.05) is 18.1 Å². The van der Waals surface area contributed by atoms with Gasteiger partial charge in [0, 0.05) is 5.54 Å². The van der Waals surface area contributed by atoms with Crippen molar-refractivity contribution in [3.8, 4) is 0 Å². The molecule has 0 spiro atoms. The highest BCUT2D eigenvalue weighted by molar-refractivity contribution is 7.99. The lowest BCUT2D eigenvalue weighted by Crippen LogP contribution is -2.36. The summed E-state index contributed by atoms with van der Waals surface area (Å²) in [5.41, 5.74) is 0.287. The number of hydrogen-bond donors (Lipinski definition) is 1. The molecule has 0 aromatic heterocycles. The van der Waals surface area contributed by atoms with Crippen LogP contribution in [0.4, 0.5) is 0 Å². The van der Waals surface area contributed by atoms with Crippen LogP contribution in [-0.2, 0) is 0 Å². The van der Waals surface area contributed by atoms with Crippen molar-refractivity contribution < 1.29 is 0 Å². The van der Waals surface area contributed by atoms with Gasteiger partial charge in [-0.1, -0.05) is 13.3 Å². The van der Waals surface area contributed by atoms with Crippen molar-refractivity contribution in [3.05, 3.63) is 0 Å². The first-order chi connectivity index (χ1) is 6.56. The first-order valence-corrected chi connectivity index (χ1v) is 7.04. The SMILES string of the molecule is CCCCSCCCCNC(C)(C)C. The molecule has 0 bridgehead atoms. The third-order valence-electron chi connectivity index (χ3n) is 2.01. The Balaban J connectivity index is 2.99. The van der Waals surface area contributed by atoms with Gasteiger partial charge in [-0.2, -0.15) is 11.8 Å². The molecule has 0 aromatic carbocycles. The molecule has 2 heteroatoms. The van der Waals surface area contributed by atoms with E-state index in [4.69, 9.17) is 0 Å². The van der Waals surface area contributed by atoms with E-state index < -0.39 is 0 Å². The third-order valence-corrected chi connectivity index (χ3v) is 3.17. The molecular weight excluding hydrogens is 190 g/mol. The highest BCUT2D eigenvalue weighted by Crippen LogP contribution is 2.07. The summed E-state index contributed by atoms with van der Waals surface area (Å²) < 4.78 is 0. The first kappa shape index (κ1) is 14.3. The van der Waals surface area contributed by atoms with E-state index in [1.54, 1.807) is 0 Å². The summed E-state index contributed by atoms with van der Waals surface area (Å²) >= 11 is 2.11. The molecule has 0 aliphatic carbocycles. The van der Waals surface area contributed by atoms with Crippen LogP contribution in [0.5, 0.6) is 0 Å². The molecule has 1 N–H and O–H groups in total. The van der Waals surface area contributed by atoms with Gasteiger partial charge >= 0.3 is 0 Å². The monoisotopic (exact) mass is 217 g/mol. The summed E-state index contributed by atoms with van der Waals surface area (Å²) in [5.74, 6) is 2.69. The van der Waals surface area contributed by atoms with Gasteiger partial charge in [0.15, 0.2) is 0 Å². The minimum atomic E-state index is 0.287. The van der Waals surface area contributed by atoms with Gasteiger partial charge in [-0.05, 0) is 58.1 Å². The molecular formula is C12H27NS. The van der Waals surface area contributed by atoms with Crippen molar-refractivity contribution in [3.63, 3.8) is 0 Å². The zero-order valence-electron chi connectivity index (χ0n) is 10.4. The molecule has 14 heavy (non-hydrogen) atoms. The van der Waals surface area contributed by atoms with Crippen LogP contribution in [0.1, 0.15) is 53.4 Å². The summed E-state index contributed by atoms with van der Waals surface area (Å²) in [6, 6.07) is 0. The minimum Gasteiger partial charge on any atom is -0.312 e. The topological polar surface area (TPSA) is 12.0 Å². The first-order valence-electron chi connectivity index (χ1n) is 5.89. The van der Waals surface area contributed by atoms with Crippen LogP contribution in [0.15, 0.2) is 0 Å². The maximum absolute atomic E-state index is 3.51. The molecule has 1 nitrogen and oxygen atoms in total. The van der Waals surface area contributed by atoms with Gasteiger partial charge in [0.2, 0.25) is 0 Å². The van der Waals surface area contributed by atoms with Crippen molar-refractivity contribution in [1.29, 1.82) is 0 Å². The lowest BCUT2D eigenvalue weighted by atomic mass is 10.1. The molecule has 0 amide bonds. The number of unbranched alkanes of at least 4 members (excludes halogenated alkanes) is 2. The molecule has 0 saturated carbocycles. The average molecular weight is 217 g/mol. The van der Waals surface area contributed by atoms with Gasteiger partial charge in [-0.3, -0.25) is 0 Å². The van der Waals surface area contributed by atoms with E-state index >= 15 is 0 Å². The molecule has 0 saturated heterocycles. The van der Waals surface area contributed by atoms with E-state index in [1.165, 1.54) is 37.2 Å². The largest absolute Gasteiger partial charge is 0.312 e. The second kappa shape index (κ2) is 8.60. The van der Waals surface area contributed by atoms with Crippen LogP contribution < -0.4 is 5.32 Å². The summed E-state index contributed by atoms with van der Waals surface area (Å²) in [6.07, 6.45) is 5.39. The number of nitrogens with one attached hydrogen (secondary N) is 1. The third kappa shape index (κ3) is 12.3. The van der Waals surface area contributed by atoms with E-state index in [2.05, 4.69) is 44.8 Å². The molecule has 0 heterocycles. The molecule has 0 rings (SSSR count). The average Bonchev–Trinajstić information content (AvgIpc) is 2.08. The van der Waals surface area contributed by atoms with Gasteiger partial charge < -0.3 is 5.32 Å². The Morgan fingerprint density at radius 3 is 2.21 bits per heavy atom. The van der Waals surface area contributed by atoms with Crippen molar-refractivity contribution >= 4 is 11.8 Å². The Kier molecular flexibility index (Phi) is 8.80. The zero-order chi connectivity index (χ0) is 10.9. The fraction of sp³-hybridized carbons (Fsp3) is 1.00. The summed E-state index contributed by atoms with van der Waals surface area (Å²) in [6.45, 7) is 10.1. The van der Waals surface area contributed by atoms with Crippen LogP contribution in [-0.4, -0.2) is 23.6 Å². The van der Waals surface area contributed by atoms with E-state index in [1.807, 2.05) is 0 Å². The van der Waals surface area contributed by atoms with Gasteiger partial charge in [-0.25, -0.2) is 0 Å². The van der Waals surface area contributed by atoms with Crippen molar-refractivity contribution in [2.45, 2.75) is 58.9 Å². The molecule has 0 unspecified atom stereocenters. The zero-order valence-corrected chi connectivity index (χ0v) is 11.2. The highest BCUT2D eigenvalue weighted by Gasteiger charge is 2.06. The summed E-state index contributed by atoms with van der Waals surface area (Å²) in [4.78, 5) is 0. The number of rotatable bonds is 8. The maximum Gasteiger partial charge on any atom is 0.00965 e. The number of thioether (sulfide) groups is 1. The minimum absolute atomic E-state index is 0.287. The lowest BCUT2D eigenvalue weighted by Gasteiger charge is -2.20. The number of hydrogen-bond acceptors (Lipinski definition) is 2. The quantitative estimate of drug-likeness (QED) is 0.622. The predicted molar refractivity (Wildman–Crippen MR) is 69.2 cm³/mol. The van der Waals surface area contributed by atoms with Crippen LogP contribution in [0.3, 0.4) is 0 Å². The molecule has 0 radical (unpaired) electrons. The van der Waals surface area contributed by atoms with E-state index in [0.717, 1.165) is 6.54 Å². The van der Waals surface area contributed by atoms with Crippen LogP contribution >= 0.6 is 11.8 Å². The van der Waals surface area contributed by atoms with Crippen LogP contribution in [0.25, 0.3) is 0 Å². The Morgan fingerprint density at radius 1 is 1.00 bits per heavy atom. The lowest BCUT2D eigenvalue weighted by molar-refractivity contribution is 0.421. The second-order valence-corrected chi connectivity index (χ2v) is 6.07. The van der Waals surface area contributed by atoms with Crippen LogP contribution in [0, 0.1) is 0 Å². The molecule has 0 aliphatic rings. The van der Waals surface area contributed by atoms with E-state index in [0.29, 0.717) is 0 Å². The summed E-state index contributed by atoms with van der Waals surface area (Å²) in [7, 11) is 0. The Labute approximate surface area is 94.4 Å². The maximum atomic E-state index is 3.51. The fourth-order valence-corrected chi connectivity index (χ4v) is 2.25. The molecule has 0 atom stereocenters. The molecule has 86 valence electrons. The normalized spacial score (nSPS) is 12.0. The van der Waals surface area contributed by atoms with Gasteiger partial charge in [0.25, 0.3) is 0 Å². The fourth-order valence-electron chi connectivity index (χ4n) is 1.14. The predicted octanol–water partition coefficient (Wildman–Crippen LogP) is 3.69. The highest BCUT2D eigenvalue weighted by atomic mass is 32.2. The smallest absolute Gasteiger partial charge is 0.00965 e.